The second-order valence-corrected chi connectivity index (χ2v) is 3.85. The van der Waals surface area contributed by atoms with Crippen LogP contribution in [0.5, 0.6) is 0 Å². The maximum atomic E-state index is 4.39. The molecule has 0 aliphatic carbocycles. The number of hydrogen-bond donors (Lipinski definition) is 1. The van der Waals surface area contributed by atoms with Crippen LogP contribution in [0, 0.1) is 0 Å². The van der Waals surface area contributed by atoms with Crippen LogP contribution in [0.4, 0.5) is 0 Å². The summed E-state index contributed by atoms with van der Waals surface area (Å²) in [6, 6.07) is 18.3. The van der Waals surface area contributed by atoms with Crippen LogP contribution < -0.4 is 0 Å². The third-order valence-electron chi connectivity index (χ3n) is 2.75. The predicted molar refractivity (Wildman–Crippen MR) is 69.5 cm³/mol. The molecule has 0 atom stereocenters. The summed E-state index contributed by atoms with van der Waals surface area (Å²) >= 11 is 0. The van der Waals surface area contributed by atoms with Crippen molar-refractivity contribution in [1.29, 1.82) is 0 Å². The molecule has 2 aromatic heterocycles. The minimum absolute atomic E-state index is 0.993. The maximum Gasteiger partial charge on any atom is 0.0723 e. The lowest BCUT2D eigenvalue weighted by Crippen LogP contribution is -1.84. The molecule has 2 nitrogen and oxygen atoms in total. The first-order chi connectivity index (χ1) is 8.45. The molecule has 3 aromatic rings. The van der Waals surface area contributed by atoms with E-state index in [9.17, 15) is 0 Å². The molecule has 0 amide bonds. The second-order valence-electron chi connectivity index (χ2n) is 3.85. The molecule has 82 valence electrons. The summed E-state index contributed by atoms with van der Waals surface area (Å²) in [5, 5.41) is 0. The zero-order chi connectivity index (χ0) is 11.5. The number of aromatic amines is 1. The maximum absolute atomic E-state index is 4.39. The molecular weight excluding hydrogens is 208 g/mol. The van der Waals surface area contributed by atoms with Crippen LogP contribution in [0.2, 0.25) is 0 Å². The highest BCUT2D eigenvalue weighted by atomic mass is 14.7. The largest absolute Gasteiger partial charge is 0.361 e. The van der Waals surface area contributed by atoms with Crippen LogP contribution in [0.15, 0.2) is 67.0 Å². The van der Waals surface area contributed by atoms with Crippen LogP contribution in [0.1, 0.15) is 0 Å². The van der Waals surface area contributed by atoms with E-state index in [1.165, 1.54) is 5.56 Å². The lowest BCUT2D eigenvalue weighted by Gasteiger charge is -2.03. The van der Waals surface area contributed by atoms with Gasteiger partial charge >= 0.3 is 0 Å². The number of nitrogens with zero attached hydrogens (tertiary/aromatic N) is 1. The van der Waals surface area contributed by atoms with Crippen molar-refractivity contribution >= 4 is 0 Å². The molecule has 2 heterocycles. The van der Waals surface area contributed by atoms with Gasteiger partial charge < -0.3 is 4.98 Å². The second kappa shape index (κ2) is 4.26. The van der Waals surface area contributed by atoms with E-state index in [0.717, 1.165) is 17.0 Å². The molecule has 0 aliphatic heterocycles. The molecule has 0 radical (unpaired) electrons. The number of nitrogens with one attached hydrogen (secondary N) is 1. The molecule has 1 N–H and O–H groups in total. The van der Waals surface area contributed by atoms with Crippen molar-refractivity contribution in [2.24, 2.45) is 0 Å². The molecular formula is C15H12N2. The Bertz CT molecular complexity index is 543. The van der Waals surface area contributed by atoms with Gasteiger partial charge in [-0.05, 0) is 23.8 Å². The minimum atomic E-state index is 0.993. The zero-order valence-corrected chi connectivity index (χ0v) is 9.30. The number of hydrogen-bond acceptors (Lipinski definition) is 1. The summed E-state index contributed by atoms with van der Waals surface area (Å²) < 4.78 is 0. The van der Waals surface area contributed by atoms with Gasteiger partial charge in [-0.1, -0.05) is 36.4 Å². The highest BCUT2D eigenvalue weighted by Gasteiger charge is 2.08. The van der Waals surface area contributed by atoms with Crippen molar-refractivity contribution in [3.63, 3.8) is 0 Å². The third-order valence-corrected chi connectivity index (χ3v) is 2.75. The Hall–Kier alpha value is -2.35. The summed E-state index contributed by atoms with van der Waals surface area (Å²) in [4.78, 5) is 7.67. The van der Waals surface area contributed by atoms with Crippen LogP contribution in [-0.2, 0) is 0 Å². The van der Waals surface area contributed by atoms with Gasteiger partial charge in [0.25, 0.3) is 0 Å². The summed E-state index contributed by atoms with van der Waals surface area (Å²) in [7, 11) is 0. The molecule has 0 spiro atoms. The molecule has 0 bridgehead atoms. The van der Waals surface area contributed by atoms with E-state index in [2.05, 4.69) is 28.2 Å². The molecule has 0 saturated heterocycles. The molecule has 3 rings (SSSR count). The van der Waals surface area contributed by atoms with Gasteiger partial charge in [0.1, 0.15) is 0 Å². The highest BCUT2D eigenvalue weighted by Crippen LogP contribution is 2.29. The van der Waals surface area contributed by atoms with E-state index >= 15 is 0 Å². The summed E-state index contributed by atoms with van der Waals surface area (Å²) in [6.45, 7) is 0. The van der Waals surface area contributed by atoms with Crippen molar-refractivity contribution < 1.29 is 0 Å². The van der Waals surface area contributed by atoms with Gasteiger partial charge in [0.05, 0.1) is 11.4 Å². The first-order valence-corrected chi connectivity index (χ1v) is 5.59. The lowest BCUT2D eigenvalue weighted by molar-refractivity contribution is 1.32. The SMILES string of the molecule is c1ccc(-c2[nH]ccc2-c2ccccn2)cc1. The standard InChI is InChI=1S/C15H12N2/c1-2-6-12(7-3-1)15-13(9-11-17-15)14-8-4-5-10-16-14/h1-11,17H. The number of H-pyrrole nitrogens is 1. The number of pyridine rings is 1. The van der Waals surface area contributed by atoms with Crippen LogP contribution in [-0.4, -0.2) is 9.97 Å². The topological polar surface area (TPSA) is 28.7 Å². The Morgan fingerprint density at radius 1 is 0.824 bits per heavy atom. The summed E-state index contributed by atoms with van der Waals surface area (Å²) in [5.41, 5.74) is 4.42. The van der Waals surface area contributed by atoms with Gasteiger partial charge in [0, 0.05) is 18.0 Å². The zero-order valence-electron chi connectivity index (χ0n) is 9.30. The van der Waals surface area contributed by atoms with Gasteiger partial charge in [-0.25, -0.2) is 0 Å². The Kier molecular flexibility index (Phi) is 2.47. The van der Waals surface area contributed by atoms with E-state index < -0.39 is 0 Å². The summed E-state index contributed by atoms with van der Waals surface area (Å²) in [5.74, 6) is 0. The highest BCUT2D eigenvalue weighted by molar-refractivity contribution is 5.79. The van der Waals surface area contributed by atoms with E-state index in [4.69, 9.17) is 0 Å². The van der Waals surface area contributed by atoms with Gasteiger partial charge in [-0.15, -0.1) is 0 Å². The van der Waals surface area contributed by atoms with Crippen molar-refractivity contribution in [3.8, 4) is 22.5 Å². The average Bonchev–Trinajstić information content (AvgIpc) is 2.90. The van der Waals surface area contributed by atoms with Crippen LogP contribution in [0.3, 0.4) is 0 Å². The molecule has 17 heavy (non-hydrogen) atoms. The number of aromatic nitrogens is 2. The average molecular weight is 220 g/mol. The Morgan fingerprint density at radius 3 is 2.41 bits per heavy atom. The molecule has 0 fully saturated rings. The quantitative estimate of drug-likeness (QED) is 0.700. The fraction of sp³-hybridized carbons (Fsp3) is 0. The molecule has 1 aromatic carbocycles. The third kappa shape index (κ3) is 1.85. The van der Waals surface area contributed by atoms with Crippen molar-refractivity contribution in [3.05, 3.63) is 67.0 Å². The molecule has 0 saturated carbocycles. The molecule has 0 aliphatic rings. The van der Waals surface area contributed by atoms with Crippen molar-refractivity contribution in [2.75, 3.05) is 0 Å². The molecule has 2 heteroatoms. The first kappa shape index (κ1) is 9.85. The minimum Gasteiger partial charge on any atom is -0.361 e. The van der Waals surface area contributed by atoms with E-state index in [1.807, 2.05) is 48.8 Å². The van der Waals surface area contributed by atoms with Crippen molar-refractivity contribution in [2.45, 2.75) is 0 Å². The van der Waals surface area contributed by atoms with Gasteiger partial charge in [0.15, 0.2) is 0 Å². The van der Waals surface area contributed by atoms with Gasteiger partial charge in [0.2, 0.25) is 0 Å². The van der Waals surface area contributed by atoms with Gasteiger partial charge in [-0.2, -0.15) is 0 Å². The fourth-order valence-corrected chi connectivity index (χ4v) is 1.95. The number of benzene rings is 1. The van der Waals surface area contributed by atoms with E-state index in [0.29, 0.717) is 0 Å². The monoisotopic (exact) mass is 220 g/mol. The molecule has 0 unspecified atom stereocenters. The van der Waals surface area contributed by atoms with Gasteiger partial charge in [-0.3, -0.25) is 4.98 Å². The Morgan fingerprint density at radius 2 is 1.65 bits per heavy atom. The lowest BCUT2D eigenvalue weighted by atomic mass is 10.1. The number of rotatable bonds is 2. The van der Waals surface area contributed by atoms with Crippen molar-refractivity contribution in [1.82, 2.24) is 9.97 Å². The fourth-order valence-electron chi connectivity index (χ4n) is 1.95. The van der Waals surface area contributed by atoms with E-state index in [-0.39, 0.29) is 0 Å². The smallest absolute Gasteiger partial charge is 0.0723 e. The predicted octanol–water partition coefficient (Wildman–Crippen LogP) is 3.74. The Balaban J connectivity index is 2.13. The first-order valence-electron chi connectivity index (χ1n) is 5.59. The normalized spacial score (nSPS) is 10.4. The summed E-state index contributed by atoms with van der Waals surface area (Å²) in [6.07, 6.45) is 3.77. The van der Waals surface area contributed by atoms with Crippen LogP contribution >= 0.6 is 0 Å². The Labute approximate surface area is 100.0 Å². The van der Waals surface area contributed by atoms with Crippen LogP contribution in [0.25, 0.3) is 22.5 Å². The van der Waals surface area contributed by atoms with E-state index in [1.54, 1.807) is 0 Å².